The van der Waals surface area contributed by atoms with Crippen LogP contribution in [0.15, 0.2) is 28.7 Å². The second kappa shape index (κ2) is 8.28. The van der Waals surface area contributed by atoms with Crippen molar-refractivity contribution in [1.29, 1.82) is 0 Å². The molecule has 0 radical (unpaired) electrons. The summed E-state index contributed by atoms with van der Waals surface area (Å²) in [6.45, 7) is 5.18. The van der Waals surface area contributed by atoms with Crippen LogP contribution in [0.4, 0.5) is 0 Å². The zero-order chi connectivity index (χ0) is 15.2. The summed E-state index contributed by atoms with van der Waals surface area (Å²) in [5.74, 6) is 0.880. The number of ether oxygens (including phenoxy) is 1. The number of nitrogens with zero attached hydrogens (tertiary/aromatic N) is 1. The van der Waals surface area contributed by atoms with E-state index in [2.05, 4.69) is 52.0 Å². The third-order valence-electron chi connectivity index (χ3n) is 4.49. The highest BCUT2D eigenvalue weighted by atomic mass is 79.9. The van der Waals surface area contributed by atoms with E-state index in [1.165, 1.54) is 18.4 Å². The molecule has 2 atom stereocenters. The lowest BCUT2D eigenvalue weighted by Crippen LogP contribution is -2.38. The SMILES string of the molecule is COCCN(CCC(N)c1ccc(Br)cc1)C(C)C1CC1. The van der Waals surface area contributed by atoms with Crippen molar-refractivity contribution in [2.75, 3.05) is 26.8 Å². The first-order valence-electron chi connectivity index (χ1n) is 7.86. The van der Waals surface area contributed by atoms with E-state index in [4.69, 9.17) is 10.5 Å². The van der Waals surface area contributed by atoms with E-state index in [0.29, 0.717) is 6.04 Å². The van der Waals surface area contributed by atoms with Crippen LogP contribution in [0.1, 0.15) is 37.8 Å². The van der Waals surface area contributed by atoms with Crippen molar-refractivity contribution >= 4 is 15.9 Å². The molecule has 1 aromatic carbocycles. The van der Waals surface area contributed by atoms with E-state index >= 15 is 0 Å². The van der Waals surface area contributed by atoms with Crippen molar-refractivity contribution in [2.45, 2.75) is 38.3 Å². The summed E-state index contributed by atoms with van der Waals surface area (Å²) in [4.78, 5) is 2.54. The average Bonchev–Trinajstić information content (AvgIpc) is 3.32. The molecule has 2 unspecified atom stereocenters. The number of benzene rings is 1. The summed E-state index contributed by atoms with van der Waals surface area (Å²) >= 11 is 3.46. The van der Waals surface area contributed by atoms with Crippen molar-refractivity contribution in [3.8, 4) is 0 Å². The number of halogens is 1. The van der Waals surface area contributed by atoms with Crippen molar-refractivity contribution in [1.82, 2.24) is 4.90 Å². The highest BCUT2D eigenvalue weighted by molar-refractivity contribution is 9.10. The third kappa shape index (κ3) is 5.37. The predicted octanol–water partition coefficient (Wildman–Crippen LogP) is 3.59. The molecule has 118 valence electrons. The summed E-state index contributed by atoms with van der Waals surface area (Å²) in [7, 11) is 1.77. The van der Waals surface area contributed by atoms with Gasteiger partial charge in [-0.05, 0) is 49.8 Å². The van der Waals surface area contributed by atoms with Crippen molar-refractivity contribution in [3.63, 3.8) is 0 Å². The largest absolute Gasteiger partial charge is 0.383 e. The Labute approximate surface area is 137 Å². The van der Waals surface area contributed by atoms with Crippen LogP contribution in [-0.2, 0) is 4.74 Å². The topological polar surface area (TPSA) is 38.5 Å². The lowest BCUT2D eigenvalue weighted by molar-refractivity contribution is 0.114. The maximum absolute atomic E-state index is 6.34. The normalized spacial score (nSPS) is 18.0. The van der Waals surface area contributed by atoms with Crippen LogP contribution >= 0.6 is 15.9 Å². The van der Waals surface area contributed by atoms with Gasteiger partial charge in [-0.3, -0.25) is 4.90 Å². The number of rotatable bonds is 9. The molecule has 0 aromatic heterocycles. The molecule has 2 rings (SSSR count). The molecule has 1 fully saturated rings. The first-order chi connectivity index (χ1) is 10.1. The Morgan fingerprint density at radius 1 is 1.29 bits per heavy atom. The minimum Gasteiger partial charge on any atom is -0.383 e. The molecule has 0 spiro atoms. The van der Waals surface area contributed by atoms with E-state index in [9.17, 15) is 0 Å². The van der Waals surface area contributed by atoms with Gasteiger partial charge < -0.3 is 10.5 Å². The minimum atomic E-state index is 0.106. The quantitative estimate of drug-likeness (QED) is 0.736. The van der Waals surface area contributed by atoms with Gasteiger partial charge in [0.1, 0.15) is 0 Å². The Kier molecular flexibility index (Phi) is 6.68. The van der Waals surface area contributed by atoms with Gasteiger partial charge >= 0.3 is 0 Å². The zero-order valence-corrected chi connectivity index (χ0v) is 14.7. The Bertz CT molecular complexity index is 419. The van der Waals surface area contributed by atoms with Gasteiger partial charge in [0.25, 0.3) is 0 Å². The highest BCUT2D eigenvalue weighted by Crippen LogP contribution is 2.35. The highest BCUT2D eigenvalue weighted by Gasteiger charge is 2.31. The summed E-state index contributed by atoms with van der Waals surface area (Å²) < 4.78 is 6.35. The Balaban J connectivity index is 1.85. The van der Waals surface area contributed by atoms with E-state index in [1.54, 1.807) is 7.11 Å². The smallest absolute Gasteiger partial charge is 0.0589 e. The van der Waals surface area contributed by atoms with Crippen molar-refractivity contribution in [3.05, 3.63) is 34.3 Å². The molecule has 2 N–H and O–H groups in total. The van der Waals surface area contributed by atoms with Gasteiger partial charge in [0.05, 0.1) is 6.61 Å². The van der Waals surface area contributed by atoms with Crippen LogP contribution in [0.25, 0.3) is 0 Å². The lowest BCUT2D eigenvalue weighted by atomic mass is 10.0. The first kappa shape index (κ1) is 16.9. The minimum absolute atomic E-state index is 0.106. The fraction of sp³-hybridized carbons (Fsp3) is 0.647. The van der Waals surface area contributed by atoms with Crippen LogP contribution in [0, 0.1) is 5.92 Å². The molecule has 3 nitrogen and oxygen atoms in total. The molecule has 1 aliphatic carbocycles. The second-order valence-corrected chi connectivity index (χ2v) is 6.97. The summed E-state index contributed by atoms with van der Waals surface area (Å²) in [6.07, 6.45) is 3.75. The lowest BCUT2D eigenvalue weighted by Gasteiger charge is -2.30. The number of hydrogen-bond donors (Lipinski definition) is 1. The maximum Gasteiger partial charge on any atom is 0.0589 e. The van der Waals surface area contributed by atoms with E-state index in [-0.39, 0.29) is 6.04 Å². The van der Waals surface area contributed by atoms with Crippen LogP contribution in [0.5, 0.6) is 0 Å². The Hall–Kier alpha value is -0.420. The maximum atomic E-state index is 6.34. The predicted molar refractivity (Wildman–Crippen MR) is 91.3 cm³/mol. The van der Waals surface area contributed by atoms with E-state index in [0.717, 1.165) is 36.5 Å². The molecule has 1 saturated carbocycles. The van der Waals surface area contributed by atoms with Crippen molar-refractivity contribution in [2.24, 2.45) is 11.7 Å². The van der Waals surface area contributed by atoms with E-state index < -0.39 is 0 Å². The van der Waals surface area contributed by atoms with Crippen LogP contribution < -0.4 is 5.73 Å². The molecule has 0 saturated heterocycles. The standard InChI is InChI=1S/C17H27BrN2O/c1-13(14-3-4-14)20(11-12-21-2)10-9-17(19)15-5-7-16(18)8-6-15/h5-8,13-14,17H,3-4,9-12,19H2,1-2H3. The molecule has 4 heteroatoms. The van der Waals surface area contributed by atoms with Gasteiger partial charge in [-0.25, -0.2) is 0 Å². The molecular formula is C17H27BrN2O. The molecule has 0 amide bonds. The summed E-state index contributed by atoms with van der Waals surface area (Å²) in [6, 6.07) is 9.10. The molecule has 21 heavy (non-hydrogen) atoms. The zero-order valence-electron chi connectivity index (χ0n) is 13.1. The van der Waals surface area contributed by atoms with Gasteiger partial charge in [-0.2, -0.15) is 0 Å². The summed E-state index contributed by atoms with van der Waals surface area (Å²) in [5.41, 5.74) is 7.55. The fourth-order valence-corrected chi connectivity index (χ4v) is 3.05. The first-order valence-corrected chi connectivity index (χ1v) is 8.65. The molecule has 1 aromatic rings. The van der Waals surface area contributed by atoms with Gasteiger partial charge in [-0.15, -0.1) is 0 Å². The van der Waals surface area contributed by atoms with Crippen LogP contribution in [-0.4, -0.2) is 37.7 Å². The number of methoxy groups -OCH3 is 1. The second-order valence-electron chi connectivity index (χ2n) is 6.05. The summed E-state index contributed by atoms with van der Waals surface area (Å²) in [5, 5.41) is 0. The van der Waals surface area contributed by atoms with Gasteiger partial charge in [0, 0.05) is 36.8 Å². The molecule has 0 heterocycles. The molecule has 0 aliphatic heterocycles. The molecule has 0 bridgehead atoms. The Morgan fingerprint density at radius 3 is 2.52 bits per heavy atom. The van der Waals surface area contributed by atoms with Crippen LogP contribution in [0.2, 0.25) is 0 Å². The monoisotopic (exact) mass is 354 g/mol. The molecular weight excluding hydrogens is 328 g/mol. The van der Waals surface area contributed by atoms with Gasteiger partial charge in [-0.1, -0.05) is 28.1 Å². The number of nitrogens with two attached hydrogens (primary N) is 1. The van der Waals surface area contributed by atoms with Gasteiger partial charge in [0.15, 0.2) is 0 Å². The Morgan fingerprint density at radius 2 is 1.95 bits per heavy atom. The fourth-order valence-electron chi connectivity index (χ4n) is 2.79. The molecule has 1 aliphatic rings. The third-order valence-corrected chi connectivity index (χ3v) is 5.02. The van der Waals surface area contributed by atoms with Crippen LogP contribution in [0.3, 0.4) is 0 Å². The van der Waals surface area contributed by atoms with Crippen molar-refractivity contribution < 1.29 is 4.74 Å². The van der Waals surface area contributed by atoms with Gasteiger partial charge in [0.2, 0.25) is 0 Å². The van der Waals surface area contributed by atoms with E-state index in [1.807, 2.05) is 0 Å². The average molecular weight is 355 g/mol. The number of hydrogen-bond acceptors (Lipinski definition) is 3.